The van der Waals surface area contributed by atoms with Crippen molar-refractivity contribution in [2.24, 2.45) is 5.73 Å². The predicted molar refractivity (Wildman–Crippen MR) is 66.8 cm³/mol. The molecule has 0 saturated carbocycles. The first-order chi connectivity index (χ1) is 8.04. The van der Waals surface area contributed by atoms with E-state index in [1.54, 1.807) is 18.2 Å². The first-order valence-electron chi connectivity index (χ1n) is 4.94. The highest BCUT2D eigenvalue weighted by molar-refractivity contribution is 9.10. The SMILES string of the molecule is COc1ccc(Br)c(C(=O)NCCC(N)=O)c1. The van der Waals surface area contributed by atoms with Crippen molar-refractivity contribution < 1.29 is 14.3 Å². The van der Waals surface area contributed by atoms with Crippen molar-refractivity contribution in [3.8, 4) is 5.75 Å². The number of carbonyl (C=O) groups is 2. The lowest BCUT2D eigenvalue weighted by molar-refractivity contribution is -0.117. The summed E-state index contributed by atoms with van der Waals surface area (Å²) in [6.07, 6.45) is 0.118. The summed E-state index contributed by atoms with van der Waals surface area (Å²) >= 11 is 3.27. The Hall–Kier alpha value is -1.56. The average Bonchev–Trinajstić information content (AvgIpc) is 2.29. The third-order valence-corrected chi connectivity index (χ3v) is 2.77. The second kappa shape index (κ2) is 6.24. The number of ether oxygens (including phenoxy) is 1. The van der Waals surface area contributed by atoms with Crippen LogP contribution in [0.5, 0.6) is 5.75 Å². The molecule has 0 aliphatic rings. The number of halogens is 1. The van der Waals surface area contributed by atoms with Crippen molar-refractivity contribution in [1.82, 2.24) is 5.32 Å². The Morgan fingerprint density at radius 3 is 2.76 bits per heavy atom. The van der Waals surface area contributed by atoms with E-state index in [-0.39, 0.29) is 18.9 Å². The summed E-state index contributed by atoms with van der Waals surface area (Å²) in [7, 11) is 1.53. The van der Waals surface area contributed by atoms with Gasteiger partial charge in [-0.05, 0) is 34.1 Å². The maximum Gasteiger partial charge on any atom is 0.252 e. The van der Waals surface area contributed by atoms with Crippen LogP contribution in [0.2, 0.25) is 0 Å². The van der Waals surface area contributed by atoms with E-state index in [0.29, 0.717) is 15.8 Å². The molecule has 0 radical (unpaired) electrons. The number of primary amides is 1. The van der Waals surface area contributed by atoms with Crippen LogP contribution >= 0.6 is 15.9 Å². The topological polar surface area (TPSA) is 81.4 Å². The lowest BCUT2D eigenvalue weighted by Crippen LogP contribution is -2.28. The molecule has 0 aliphatic carbocycles. The molecule has 1 aromatic carbocycles. The summed E-state index contributed by atoms with van der Waals surface area (Å²) in [4.78, 5) is 22.3. The number of hydrogen-bond acceptors (Lipinski definition) is 3. The van der Waals surface area contributed by atoms with Crippen LogP contribution in [0.3, 0.4) is 0 Å². The van der Waals surface area contributed by atoms with Gasteiger partial charge in [0.2, 0.25) is 5.91 Å². The Morgan fingerprint density at radius 1 is 1.47 bits per heavy atom. The quantitative estimate of drug-likeness (QED) is 0.853. The van der Waals surface area contributed by atoms with Crippen molar-refractivity contribution in [3.05, 3.63) is 28.2 Å². The van der Waals surface area contributed by atoms with Crippen molar-refractivity contribution in [2.45, 2.75) is 6.42 Å². The number of hydrogen-bond donors (Lipinski definition) is 2. The van der Waals surface area contributed by atoms with E-state index in [1.807, 2.05) is 0 Å². The molecule has 1 rings (SSSR count). The van der Waals surface area contributed by atoms with Crippen molar-refractivity contribution in [2.75, 3.05) is 13.7 Å². The molecule has 2 amide bonds. The summed E-state index contributed by atoms with van der Waals surface area (Å²) in [5.74, 6) is -0.139. The van der Waals surface area contributed by atoms with E-state index in [2.05, 4.69) is 21.2 Å². The Balaban J connectivity index is 2.70. The fraction of sp³-hybridized carbons (Fsp3) is 0.273. The van der Waals surface area contributed by atoms with Crippen LogP contribution in [0.4, 0.5) is 0 Å². The molecule has 0 unspecified atom stereocenters. The molecule has 0 spiro atoms. The highest BCUT2D eigenvalue weighted by Gasteiger charge is 2.11. The molecule has 0 heterocycles. The van der Waals surface area contributed by atoms with Crippen molar-refractivity contribution >= 4 is 27.7 Å². The van der Waals surface area contributed by atoms with Gasteiger partial charge in [0.1, 0.15) is 5.75 Å². The van der Waals surface area contributed by atoms with Crippen molar-refractivity contribution in [1.29, 1.82) is 0 Å². The van der Waals surface area contributed by atoms with Gasteiger partial charge in [-0.15, -0.1) is 0 Å². The van der Waals surface area contributed by atoms with Crippen LogP contribution < -0.4 is 15.8 Å². The molecular formula is C11H13BrN2O3. The zero-order valence-electron chi connectivity index (χ0n) is 9.33. The summed E-state index contributed by atoms with van der Waals surface area (Å²) in [5, 5.41) is 2.60. The first kappa shape index (κ1) is 13.5. The van der Waals surface area contributed by atoms with Gasteiger partial charge in [-0.3, -0.25) is 9.59 Å². The van der Waals surface area contributed by atoms with Crippen molar-refractivity contribution in [3.63, 3.8) is 0 Å². The number of nitrogens with one attached hydrogen (secondary N) is 1. The third-order valence-electron chi connectivity index (χ3n) is 2.08. The zero-order valence-corrected chi connectivity index (χ0v) is 10.9. The van der Waals surface area contributed by atoms with E-state index >= 15 is 0 Å². The minimum atomic E-state index is -0.449. The van der Waals surface area contributed by atoms with Gasteiger partial charge in [0, 0.05) is 17.4 Å². The number of benzene rings is 1. The van der Waals surface area contributed by atoms with Gasteiger partial charge in [0.25, 0.3) is 5.91 Å². The number of methoxy groups -OCH3 is 1. The molecule has 0 fully saturated rings. The van der Waals surface area contributed by atoms with Crippen LogP contribution in [-0.4, -0.2) is 25.5 Å². The van der Waals surface area contributed by atoms with Gasteiger partial charge in [0.05, 0.1) is 12.7 Å². The molecule has 6 heteroatoms. The van der Waals surface area contributed by atoms with E-state index < -0.39 is 5.91 Å². The fourth-order valence-electron chi connectivity index (χ4n) is 1.20. The Bertz CT molecular complexity index is 435. The molecule has 0 aromatic heterocycles. The number of carbonyl (C=O) groups excluding carboxylic acids is 2. The zero-order chi connectivity index (χ0) is 12.8. The van der Waals surface area contributed by atoms with E-state index in [1.165, 1.54) is 7.11 Å². The predicted octanol–water partition coefficient (Wildman–Crippen LogP) is 1.06. The van der Waals surface area contributed by atoms with Crippen LogP contribution in [0.15, 0.2) is 22.7 Å². The Labute approximate surface area is 107 Å². The Kier molecular flexibility index (Phi) is 4.96. The first-order valence-corrected chi connectivity index (χ1v) is 5.74. The second-order valence-electron chi connectivity index (χ2n) is 3.32. The van der Waals surface area contributed by atoms with Crippen LogP contribution in [0.25, 0.3) is 0 Å². The van der Waals surface area contributed by atoms with Crippen LogP contribution in [-0.2, 0) is 4.79 Å². The number of nitrogens with two attached hydrogens (primary N) is 1. The van der Waals surface area contributed by atoms with Gasteiger partial charge in [0.15, 0.2) is 0 Å². The summed E-state index contributed by atoms with van der Waals surface area (Å²) in [5.41, 5.74) is 5.43. The van der Waals surface area contributed by atoms with E-state index in [0.717, 1.165) is 0 Å². The molecule has 5 nitrogen and oxygen atoms in total. The number of rotatable bonds is 5. The largest absolute Gasteiger partial charge is 0.497 e. The monoisotopic (exact) mass is 300 g/mol. The van der Waals surface area contributed by atoms with Gasteiger partial charge >= 0.3 is 0 Å². The molecule has 0 aliphatic heterocycles. The van der Waals surface area contributed by atoms with Gasteiger partial charge in [-0.1, -0.05) is 0 Å². The van der Waals surface area contributed by atoms with E-state index in [9.17, 15) is 9.59 Å². The summed E-state index contributed by atoms with van der Waals surface area (Å²) in [6, 6.07) is 5.08. The van der Waals surface area contributed by atoms with Crippen LogP contribution in [0.1, 0.15) is 16.8 Å². The maximum atomic E-state index is 11.8. The molecular weight excluding hydrogens is 288 g/mol. The van der Waals surface area contributed by atoms with Gasteiger partial charge in [-0.2, -0.15) is 0 Å². The molecule has 0 saturated heterocycles. The molecule has 0 atom stereocenters. The summed E-state index contributed by atoms with van der Waals surface area (Å²) in [6.45, 7) is 0.220. The standard InChI is InChI=1S/C11H13BrN2O3/c1-17-7-2-3-9(12)8(6-7)11(16)14-5-4-10(13)15/h2-3,6H,4-5H2,1H3,(H2,13,15)(H,14,16). The van der Waals surface area contributed by atoms with E-state index in [4.69, 9.17) is 10.5 Å². The molecule has 92 valence electrons. The highest BCUT2D eigenvalue weighted by atomic mass is 79.9. The number of amides is 2. The van der Waals surface area contributed by atoms with Crippen LogP contribution in [0, 0.1) is 0 Å². The molecule has 1 aromatic rings. The lowest BCUT2D eigenvalue weighted by Gasteiger charge is -2.07. The fourth-order valence-corrected chi connectivity index (χ4v) is 1.63. The lowest BCUT2D eigenvalue weighted by atomic mass is 10.2. The highest BCUT2D eigenvalue weighted by Crippen LogP contribution is 2.22. The smallest absolute Gasteiger partial charge is 0.252 e. The molecule has 17 heavy (non-hydrogen) atoms. The molecule has 3 N–H and O–H groups in total. The van der Waals surface area contributed by atoms with Gasteiger partial charge < -0.3 is 15.8 Å². The third kappa shape index (κ3) is 4.07. The minimum absolute atomic E-state index is 0.118. The summed E-state index contributed by atoms with van der Waals surface area (Å²) < 4.78 is 5.69. The minimum Gasteiger partial charge on any atom is -0.497 e. The van der Waals surface area contributed by atoms with Gasteiger partial charge in [-0.25, -0.2) is 0 Å². The normalized spacial score (nSPS) is 9.76. The molecule has 0 bridgehead atoms. The second-order valence-corrected chi connectivity index (χ2v) is 4.17. The maximum absolute atomic E-state index is 11.8. The average molecular weight is 301 g/mol. The Morgan fingerprint density at radius 2 is 2.18 bits per heavy atom.